The summed E-state index contributed by atoms with van der Waals surface area (Å²) in [5, 5.41) is 11.8. The highest BCUT2D eigenvalue weighted by molar-refractivity contribution is 5.98. The van der Waals surface area contributed by atoms with Crippen LogP contribution in [0.4, 0.5) is 10.1 Å². The van der Waals surface area contributed by atoms with Crippen molar-refractivity contribution in [1.82, 2.24) is 0 Å². The van der Waals surface area contributed by atoms with Crippen molar-refractivity contribution >= 4 is 11.5 Å². The van der Waals surface area contributed by atoms with Gasteiger partial charge in [0.15, 0.2) is 5.84 Å². The summed E-state index contributed by atoms with van der Waals surface area (Å²) in [6, 6.07) is 14.2. The maximum absolute atomic E-state index is 13.4. The Balaban J connectivity index is 2.34. The van der Waals surface area contributed by atoms with E-state index in [-0.39, 0.29) is 5.84 Å². The van der Waals surface area contributed by atoms with Gasteiger partial charge in [-0.25, -0.2) is 4.39 Å². The van der Waals surface area contributed by atoms with Crippen molar-refractivity contribution < 1.29 is 9.60 Å². The number of benzene rings is 2. The Morgan fingerprint density at radius 2 is 1.95 bits per heavy atom. The van der Waals surface area contributed by atoms with E-state index >= 15 is 0 Å². The van der Waals surface area contributed by atoms with Gasteiger partial charge >= 0.3 is 0 Å². The average Bonchev–Trinajstić information content (AvgIpc) is 2.53. The van der Waals surface area contributed by atoms with Crippen LogP contribution in [-0.2, 0) is 6.54 Å². The van der Waals surface area contributed by atoms with Gasteiger partial charge in [-0.15, -0.1) is 0 Å². The predicted octanol–water partition coefficient (Wildman–Crippen LogP) is 2.95. The Morgan fingerprint density at radius 1 is 1.24 bits per heavy atom. The number of hydrogen-bond acceptors (Lipinski definition) is 3. The number of nitrogens with zero attached hydrogens (tertiary/aromatic N) is 2. The number of oxime groups is 1. The smallest absolute Gasteiger partial charge is 0.170 e. The SMILES string of the molecule is CCN(Cc1ccc(F)cc1C(N)=NO)c1ccccc1. The van der Waals surface area contributed by atoms with Crippen LogP contribution in [0.5, 0.6) is 0 Å². The monoisotopic (exact) mass is 287 g/mol. The van der Waals surface area contributed by atoms with Crippen molar-refractivity contribution in [3.8, 4) is 0 Å². The van der Waals surface area contributed by atoms with Gasteiger partial charge in [-0.1, -0.05) is 29.4 Å². The van der Waals surface area contributed by atoms with E-state index in [1.165, 1.54) is 12.1 Å². The van der Waals surface area contributed by atoms with Crippen LogP contribution >= 0.6 is 0 Å². The minimum absolute atomic E-state index is 0.0892. The van der Waals surface area contributed by atoms with Crippen LogP contribution in [0.15, 0.2) is 53.7 Å². The van der Waals surface area contributed by atoms with Gasteiger partial charge < -0.3 is 15.8 Å². The van der Waals surface area contributed by atoms with Gasteiger partial charge in [-0.2, -0.15) is 0 Å². The molecule has 0 heterocycles. The largest absolute Gasteiger partial charge is 0.409 e. The van der Waals surface area contributed by atoms with Gasteiger partial charge in [0.1, 0.15) is 5.82 Å². The third kappa shape index (κ3) is 3.51. The average molecular weight is 287 g/mol. The summed E-state index contributed by atoms with van der Waals surface area (Å²) in [5.41, 5.74) is 7.91. The van der Waals surface area contributed by atoms with Crippen LogP contribution in [0.3, 0.4) is 0 Å². The molecule has 2 rings (SSSR count). The van der Waals surface area contributed by atoms with Crippen LogP contribution in [0.2, 0.25) is 0 Å². The molecule has 5 heteroatoms. The Kier molecular flexibility index (Phi) is 4.77. The lowest BCUT2D eigenvalue weighted by atomic mass is 10.1. The van der Waals surface area contributed by atoms with Crippen LogP contribution in [-0.4, -0.2) is 17.6 Å². The van der Waals surface area contributed by atoms with E-state index in [1.807, 2.05) is 37.3 Å². The molecule has 0 aliphatic carbocycles. The molecule has 0 unspecified atom stereocenters. The van der Waals surface area contributed by atoms with Gasteiger partial charge in [0.05, 0.1) is 0 Å². The zero-order chi connectivity index (χ0) is 15.2. The summed E-state index contributed by atoms with van der Waals surface area (Å²) in [4.78, 5) is 2.13. The Bertz CT molecular complexity index is 629. The number of rotatable bonds is 5. The molecule has 2 aromatic rings. The molecule has 0 aliphatic rings. The number of anilines is 1. The minimum Gasteiger partial charge on any atom is -0.409 e. The van der Waals surface area contributed by atoms with E-state index in [0.29, 0.717) is 12.1 Å². The molecule has 0 atom stereocenters. The Morgan fingerprint density at radius 3 is 2.57 bits per heavy atom. The second-order valence-electron chi connectivity index (χ2n) is 4.64. The lowest BCUT2D eigenvalue weighted by Gasteiger charge is -2.24. The van der Waals surface area contributed by atoms with Crippen molar-refractivity contribution in [2.24, 2.45) is 10.9 Å². The fourth-order valence-corrected chi connectivity index (χ4v) is 2.21. The highest BCUT2D eigenvalue weighted by Gasteiger charge is 2.12. The number of nitrogens with two attached hydrogens (primary N) is 1. The van der Waals surface area contributed by atoms with E-state index < -0.39 is 5.82 Å². The summed E-state index contributed by atoms with van der Waals surface area (Å²) >= 11 is 0. The van der Waals surface area contributed by atoms with Crippen molar-refractivity contribution in [3.05, 3.63) is 65.5 Å². The van der Waals surface area contributed by atoms with Gasteiger partial charge in [-0.3, -0.25) is 0 Å². The van der Waals surface area contributed by atoms with Crippen LogP contribution in [0.1, 0.15) is 18.1 Å². The molecule has 0 aromatic heterocycles. The first-order chi connectivity index (χ1) is 10.2. The van der Waals surface area contributed by atoms with Gasteiger partial charge in [0, 0.05) is 24.3 Å². The lowest BCUT2D eigenvalue weighted by molar-refractivity contribution is 0.318. The number of amidine groups is 1. The normalized spacial score (nSPS) is 11.4. The molecule has 0 amide bonds. The molecule has 2 aromatic carbocycles. The summed E-state index contributed by atoms with van der Waals surface area (Å²) < 4.78 is 13.4. The fourth-order valence-electron chi connectivity index (χ4n) is 2.21. The first kappa shape index (κ1) is 14.8. The summed E-state index contributed by atoms with van der Waals surface area (Å²) in [6.07, 6.45) is 0. The molecule has 4 nitrogen and oxygen atoms in total. The van der Waals surface area contributed by atoms with Crippen LogP contribution in [0, 0.1) is 5.82 Å². The third-order valence-corrected chi connectivity index (χ3v) is 3.32. The van der Waals surface area contributed by atoms with Gasteiger partial charge in [-0.05, 0) is 36.8 Å². The van der Waals surface area contributed by atoms with E-state index in [0.717, 1.165) is 17.8 Å². The molecule has 0 radical (unpaired) electrons. The molecule has 0 spiro atoms. The van der Waals surface area contributed by atoms with Crippen molar-refractivity contribution in [2.45, 2.75) is 13.5 Å². The van der Waals surface area contributed by atoms with E-state index in [1.54, 1.807) is 6.07 Å². The zero-order valence-electron chi connectivity index (χ0n) is 11.8. The quantitative estimate of drug-likeness (QED) is 0.385. The second-order valence-corrected chi connectivity index (χ2v) is 4.64. The number of hydrogen-bond donors (Lipinski definition) is 2. The molecule has 3 N–H and O–H groups in total. The van der Waals surface area contributed by atoms with E-state index in [2.05, 4.69) is 10.1 Å². The maximum Gasteiger partial charge on any atom is 0.170 e. The topological polar surface area (TPSA) is 61.8 Å². The van der Waals surface area contributed by atoms with E-state index in [9.17, 15) is 4.39 Å². The Hall–Kier alpha value is -2.56. The molecular weight excluding hydrogens is 269 g/mol. The van der Waals surface area contributed by atoms with Crippen LogP contribution in [0.25, 0.3) is 0 Å². The zero-order valence-corrected chi connectivity index (χ0v) is 11.8. The number of para-hydroxylation sites is 1. The highest BCUT2D eigenvalue weighted by atomic mass is 19.1. The maximum atomic E-state index is 13.4. The second kappa shape index (κ2) is 6.74. The number of halogens is 1. The third-order valence-electron chi connectivity index (χ3n) is 3.32. The molecule has 0 saturated carbocycles. The van der Waals surface area contributed by atoms with Crippen molar-refractivity contribution in [1.29, 1.82) is 0 Å². The summed E-state index contributed by atoms with van der Waals surface area (Å²) in [7, 11) is 0. The minimum atomic E-state index is -0.414. The highest BCUT2D eigenvalue weighted by Crippen LogP contribution is 2.19. The first-order valence-corrected chi connectivity index (χ1v) is 6.72. The fraction of sp³-hybridized carbons (Fsp3) is 0.188. The molecule has 0 bridgehead atoms. The molecule has 0 aliphatic heterocycles. The predicted molar refractivity (Wildman–Crippen MR) is 82.1 cm³/mol. The van der Waals surface area contributed by atoms with Crippen molar-refractivity contribution in [3.63, 3.8) is 0 Å². The molecule has 0 fully saturated rings. The Labute approximate surface area is 123 Å². The summed E-state index contributed by atoms with van der Waals surface area (Å²) in [5.74, 6) is -0.503. The van der Waals surface area contributed by atoms with Crippen LogP contribution < -0.4 is 10.6 Å². The standard InChI is InChI=1S/C16H18FN3O/c1-2-20(14-6-4-3-5-7-14)11-12-8-9-13(17)10-15(12)16(18)19-21/h3-10,21H,2,11H2,1H3,(H2,18,19). The van der Waals surface area contributed by atoms with Crippen molar-refractivity contribution in [2.75, 3.05) is 11.4 Å². The molecular formula is C16H18FN3O. The molecule has 110 valence electrons. The molecule has 0 saturated heterocycles. The first-order valence-electron chi connectivity index (χ1n) is 6.72. The van der Waals surface area contributed by atoms with Gasteiger partial charge in [0.25, 0.3) is 0 Å². The lowest BCUT2D eigenvalue weighted by Crippen LogP contribution is -2.25. The summed E-state index contributed by atoms with van der Waals surface area (Å²) in [6.45, 7) is 3.38. The van der Waals surface area contributed by atoms with E-state index in [4.69, 9.17) is 10.9 Å². The van der Waals surface area contributed by atoms with Gasteiger partial charge in [0.2, 0.25) is 0 Å². The molecule has 21 heavy (non-hydrogen) atoms.